The number of sulfonamides is 1. The molecule has 0 saturated carbocycles. The van der Waals surface area contributed by atoms with E-state index >= 15 is 0 Å². The zero-order valence-electron chi connectivity index (χ0n) is 17.6. The Morgan fingerprint density at radius 2 is 1.61 bits per heavy atom. The molecule has 172 valence electrons. The minimum atomic E-state index is -3.88. The molecule has 0 aliphatic rings. The Hall–Kier alpha value is -3.20. The molecule has 7 nitrogen and oxygen atoms in total. The summed E-state index contributed by atoms with van der Waals surface area (Å²) in [5, 5.41) is 3.24. The summed E-state index contributed by atoms with van der Waals surface area (Å²) in [6, 6.07) is 15.4. The molecular formula is C23H20Cl2N2O5S. The molecular weight excluding hydrogens is 487 g/mol. The van der Waals surface area contributed by atoms with Gasteiger partial charge in [0.1, 0.15) is 0 Å². The average molecular weight is 507 g/mol. The van der Waals surface area contributed by atoms with E-state index in [0.717, 1.165) is 5.56 Å². The van der Waals surface area contributed by atoms with Crippen molar-refractivity contribution in [2.24, 2.45) is 0 Å². The van der Waals surface area contributed by atoms with Crippen LogP contribution in [0, 0.1) is 0 Å². The molecule has 3 aromatic rings. The molecule has 0 atom stereocenters. The third-order valence-electron chi connectivity index (χ3n) is 4.44. The van der Waals surface area contributed by atoms with Crippen LogP contribution in [0.4, 0.5) is 11.4 Å². The number of amides is 1. The van der Waals surface area contributed by atoms with Gasteiger partial charge in [0, 0.05) is 16.8 Å². The SMILES string of the molecule is COc1ccc(/C=C/C(=O)Nc2ccc(S(=O)(=O)Nc3ccc(Cl)cc3Cl)cc2)cc1OC. The van der Waals surface area contributed by atoms with Gasteiger partial charge in [-0.1, -0.05) is 29.3 Å². The molecule has 0 aromatic heterocycles. The van der Waals surface area contributed by atoms with Crippen LogP contribution in [0.5, 0.6) is 11.5 Å². The van der Waals surface area contributed by atoms with E-state index in [0.29, 0.717) is 22.2 Å². The van der Waals surface area contributed by atoms with E-state index in [9.17, 15) is 13.2 Å². The Kier molecular flexibility index (Phi) is 7.86. The van der Waals surface area contributed by atoms with Crippen LogP contribution in [-0.4, -0.2) is 28.5 Å². The van der Waals surface area contributed by atoms with E-state index in [1.807, 2.05) is 0 Å². The maximum Gasteiger partial charge on any atom is 0.261 e. The maximum absolute atomic E-state index is 12.6. The normalized spacial score (nSPS) is 11.3. The molecule has 0 aliphatic heterocycles. The molecule has 0 aliphatic carbocycles. The average Bonchev–Trinajstić information content (AvgIpc) is 2.79. The second-order valence-corrected chi connectivity index (χ2v) is 9.22. The van der Waals surface area contributed by atoms with Crippen molar-refractivity contribution in [1.82, 2.24) is 0 Å². The number of hydrogen-bond donors (Lipinski definition) is 2. The summed E-state index contributed by atoms with van der Waals surface area (Å²) < 4.78 is 38.1. The van der Waals surface area contributed by atoms with Gasteiger partial charge in [-0.3, -0.25) is 9.52 Å². The highest BCUT2D eigenvalue weighted by Crippen LogP contribution is 2.29. The van der Waals surface area contributed by atoms with Crippen LogP contribution >= 0.6 is 23.2 Å². The Bertz CT molecular complexity index is 1290. The maximum atomic E-state index is 12.6. The van der Waals surface area contributed by atoms with Crippen molar-refractivity contribution >= 4 is 56.6 Å². The Balaban J connectivity index is 1.66. The van der Waals surface area contributed by atoms with Crippen LogP contribution in [0.15, 0.2) is 71.6 Å². The third-order valence-corrected chi connectivity index (χ3v) is 6.37. The topological polar surface area (TPSA) is 93.7 Å². The quantitative estimate of drug-likeness (QED) is 0.395. The van der Waals surface area contributed by atoms with Gasteiger partial charge >= 0.3 is 0 Å². The third kappa shape index (κ3) is 6.41. The number of carbonyl (C=O) groups excluding carboxylic acids is 1. The highest BCUT2D eigenvalue weighted by Gasteiger charge is 2.16. The predicted octanol–water partition coefficient (Wildman–Crippen LogP) is 5.46. The van der Waals surface area contributed by atoms with E-state index in [1.165, 1.54) is 55.7 Å². The zero-order valence-corrected chi connectivity index (χ0v) is 20.0. The second-order valence-electron chi connectivity index (χ2n) is 6.69. The molecule has 0 fully saturated rings. The van der Waals surface area contributed by atoms with Crippen LogP contribution in [0.1, 0.15) is 5.56 Å². The molecule has 0 heterocycles. The van der Waals surface area contributed by atoms with Gasteiger partial charge in [0.2, 0.25) is 5.91 Å². The van der Waals surface area contributed by atoms with E-state index in [1.54, 1.807) is 31.4 Å². The van der Waals surface area contributed by atoms with Crippen molar-refractivity contribution in [2.45, 2.75) is 4.90 Å². The Morgan fingerprint density at radius 3 is 2.24 bits per heavy atom. The lowest BCUT2D eigenvalue weighted by Crippen LogP contribution is -2.13. The zero-order chi connectivity index (χ0) is 24.0. The van der Waals surface area contributed by atoms with Gasteiger partial charge < -0.3 is 14.8 Å². The number of carbonyl (C=O) groups is 1. The summed E-state index contributed by atoms with van der Waals surface area (Å²) in [5.41, 5.74) is 1.38. The van der Waals surface area contributed by atoms with Gasteiger partial charge in [-0.25, -0.2) is 8.42 Å². The van der Waals surface area contributed by atoms with Crippen molar-refractivity contribution in [3.05, 3.63) is 82.3 Å². The monoisotopic (exact) mass is 506 g/mol. The summed E-state index contributed by atoms with van der Waals surface area (Å²) in [6.45, 7) is 0. The first-order chi connectivity index (χ1) is 15.7. The fourth-order valence-electron chi connectivity index (χ4n) is 2.81. The largest absolute Gasteiger partial charge is 0.493 e. The Morgan fingerprint density at radius 1 is 0.909 bits per heavy atom. The van der Waals surface area contributed by atoms with E-state index in [2.05, 4.69) is 10.0 Å². The molecule has 1 amide bonds. The van der Waals surface area contributed by atoms with Crippen LogP contribution in [0.2, 0.25) is 10.0 Å². The molecule has 0 unspecified atom stereocenters. The van der Waals surface area contributed by atoms with Gasteiger partial charge in [0.25, 0.3) is 10.0 Å². The number of anilines is 2. The lowest BCUT2D eigenvalue weighted by atomic mass is 10.2. The van der Waals surface area contributed by atoms with Crippen LogP contribution in [0.3, 0.4) is 0 Å². The molecule has 0 saturated heterocycles. The molecule has 3 aromatic carbocycles. The predicted molar refractivity (Wildman–Crippen MR) is 131 cm³/mol. The molecule has 3 rings (SSSR count). The summed E-state index contributed by atoms with van der Waals surface area (Å²) in [6.07, 6.45) is 2.98. The first kappa shape index (κ1) is 24.4. The van der Waals surface area contributed by atoms with Gasteiger partial charge in [0.15, 0.2) is 11.5 Å². The van der Waals surface area contributed by atoms with Crippen molar-refractivity contribution in [1.29, 1.82) is 0 Å². The molecule has 0 radical (unpaired) electrons. The number of benzene rings is 3. The molecule has 33 heavy (non-hydrogen) atoms. The smallest absolute Gasteiger partial charge is 0.261 e. The molecule has 10 heteroatoms. The van der Waals surface area contributed by atoms with Crippen LogP contribution < -0.4 is 19.5 Å². The molecule has 0 spiro atoms. The summed E-state index contributed by atoms with van der Waals surface area (Å²) >= 11 is 11.9. The Labute approximate surface area is 202 Å². The minimum absolute atomic E-state index is 0.00684. The lowest BCUT2D eigenvalue weighted by molar-refractivity contribution is -0.111. The number of halogens is 2. The van der Waals surface area contributed by atoms with E-state index in [-0.39, 0.29) is 21.5 Å². The van der Waals surface area contributed by atoms with E-state index in [4.69, 9.17) is 32.7 Å². The van der Waals surface area contributed by atoms with Crippen LogP contribution in [-0.2, 0) is 14.8 Å². The van der Waals surface area contributed by atoms with Crippen molar-refractivity contribution < 1.29 is 22.7 Å². The number of nitrogens with one attached hydrogen (secondary N) is 2. The summed E-state index contributed by atoms with van der Waals surface area (Å²) in [7, 11) is -0.808. The molecule has 0 bridgehead atoms. The fraction of sp³-hybridized carbons (Fsp3) is 0.0870. The standard InChI is InChI=1S/C23H20Cl2N2O5S/c1-31-21-11-3-15(13-22(21)32-2)4-12-23(28)26-17-6-8-18(9-7-17)33(29,30)27-20-10-5-16(24)14-19(20)25/h3-14,27H,1-2H3,(H,26,28)/b12-4+. The second kappa shape index (κ2) is 10.6. The number of rotatable bonds is 8. The first-order valence-electron chi connectivity index (χ1n) is 9.51. The first-order valence-corrected chi connectivity index (χ1v) is 11.7. The highest BCUT2D eigenvalue weighted by molar-refractivity contribution is 7.92. The highest BCUT2D eigenvalue weighted by atomic mass is 35.5. The van der Waals surface area contributed by atoms with Crippen molar-refractivity contribution in [3.63, 3.8) is 0 Å². The van der Waals surface area contributed by atoms with E-state index < -0.39 is 10.0 Å². The summed E-state index contributed by atoms with van der Waals surface area (Å²) in [5.74, 6) is 0.749. The van der Waals surface area contributed by atoms with Gasteiger partial charge in [0.05, 0.1) is 29.8 Å². The molecule has 2 N–H and O–H groups in total. The van der Waals surface area contributed by atoms with Crippen molar-refractivity contribution in [3.8, 4) is 11.5 Å². The van der Waals surface area contributed by atoms with Gasteiger partial charge in [-0.05, 0) is 66.2 Å². The van der Waals surface area contributed by atoms with Gasteiger partial charge in [-0.15, -0.1) is 0 Å². The number of methoxy groups -OCH3 is 2. The van der Waals surface area contributed by atoms with Crippen LogP contribution in [0.25, 0.3) is 6.08 Å². The minimum Gasteiger partial charge on any atom is -0.493 e. The number of hydrogen-bond acceptors (Lipinski definition) is 5. The lowest BCUT2D eigenvalue weighted by Gasteiger charge is -2.10. The van der Waals surface area contributed by atoms with Crippen molar-refractivity contribution in [2.75, 3.05) is 24.3 Å². The summed E-state index contributed by atoms with van der Waals surface area (Å²) in [4.78, 5) is 12.2. The number of ether oxygens (including phenoxy) is 2. The fourth-order valence-corrected chi connectivity index (χ4v) is 4.40. The van der Waals surface area contributed by atoms with Gasteiger partial charge in [-0.2, -0.15) is 0 Å².